The number of amides is 1. The first-order chi connectivity index (χ1) is 17.0. The van der Waals surface area contributed by atoms with E-state index in [1.54, 1.807) is 11.3 Å². The monoisotopic (exact) mass is 520 g/mol. The van der Waals surface area contributed by atoms with Gasteiger partial charge in [0, 0.05) is 11.6 Å². The number of esters is 1. The summed E-state index contributed by atoms with van der Waals surface area (Å²) in [5.41, 5.74) is 1.71. The molecule has 0 aliphatic rings. The minimum atomic E-state index is -0.301. The summed E-state index contributed by atoms with van der Waals surface area (Å²) in [6.07, 6.45) is 14.2. The lowest BCUT2D eigenvalue weighted by atomic mass is 9.93. The molecule has 2 atom stereocenters. The first kappa shape index (κ1) is 29.6. The summed E-state index contributed by atoms with van der Waals surface area (Å²) in [5.74, 6) is -0.00348. The van der Waals surface area contributed by atoms with Crippen molar-refractivity contribution >= 4 is 50.9 Å². The van der Waals surface area contributed by atoms with Crippen LogP contribution in [0.2, 0.25) is 0 Å². The van der Waals surface area contributed by atoms with Crippen LogP contribution in [0.25, 0.3) is 10.2 Å². The Bertz CT molecular complexity index is 899. The maximum absolute atomic E-state index is 13.2. The molecule has 2 rings (SSSR count). The summed E-state index contributed by atoms with van der Waals surface area (Å²) in [6, 6.07) is 5.88. The molecule has 1 aromatic carbocycles. The lowest BCUT2D eigenvalue weighted by Gasteiger charge is -2.17. The SMILES string of the molecule is CCCCCCCCC(CCCCCC)C(=O)Nc1ccc2nc(SC(C)C(=O)OCC)sc2c1. The molecule has 1 heterocycles. The molecule has 35 heavy (non-hydrogen) atoms. The summed E-state index contributed by atoms with van der Waals surface area (Å²) in [5, 5.41) is 2.88. The zero-order valence-electron chi connectivity index (χ0n) is 22.1. The van der Waals surface area contributed by atoms with Crippen molar-refractivity contribution in [2.24, 2.45) is 5.92 Å². The van der Waals surface area contributed by atoms with Gasteiger partial charge in [-0.3, -0.25) is 9.59 Å². The fraction of sp³-hybridized carbons (Fsp3) is 0.679. The average Bonchev–Trinajstić information content (AvgIpc) is 3.24. The molecule has 2 unspecified atom stereocenters. The molecule has 0 aliphatic carbocycles. The zero-order valence-corrected chi connectivity index (χ0v) is 23.7. The Hall–Kier alpha value is -1.60. The number of carbonyl (C=O) groups is 2. The highest BCUT2D eigenvalue weighted by molar-refractivity contribution is 8.02. The second-order valence-electron chi connectivity index (χ2n) is 9.27. The molecule has 0 saturated heterocycles. The fourth-order valence-corrected chi connectivity index (χ4v) is 6.38. The molecule has 0 aliphatic heterocycles. The Morgan fingerprint density at radius 2 is 1.60 bits per heavy atom. The van der Waals surface area contributed by atoms with Crippen LogP contribution < -0.4 is 5.32 Å². The van der Waals surface area contributed by atoms with Crippen LogP contribution in [0, 0.1) is 5.92 Å². The molecule has 0 saturated carbocycles. The number of unbranched alkanes of at least 4 members (excludes halogenated alkanes) is 8. The van der Waals surface area contributed by atoms with Gasteiger partial charge in [-0.2, -0.15) is 0 Å². The standard InChI is InChI=1S/C28H44N2O3S2/c1-5-8-10-12-13-15-17-22(16-14-11-9-6-2)26(31)29-23-18-19-24-25(20-23)35-28(30-24)34-21(4)27(32)33-7-3/h18-22H,5-17H2,1-4H3,(H,29,31). The van der Waals surface area contributed by atoms with Crippen LogP contribution in [0.3, 0.4) is 0 Å². The number of fused-ring (bicyclic) bond motifs is 1. The highest BCUT2D eigenvalue weighted by atomic mass is 32.2. The molecule has 7 heteroatoms. The average molecular weight is 521 g/mol. The summed E-state index contributed by atoms with van der Waals surface area (Å²) in [7, 11) is 0. The maximum atomic E-state index is 13.2. The van der Waals surface area contributed by atoms with E-state index in [1.807, 2.05) is 32.0 Å². The molecule has 0 fully saturated rings. The summed E-state index contributed by atoms with van der Waals surface area (Å²) in [6.45, 7) is 8.49. The van der Waals surface area contributed by atoms with Gasteiger partial charge in [-0.25, -0.2) is 4.98 Å². The Morgan fingerprint density at radius 3 is 2.26 bits per heavy atom. The number of aromatic nitrogens is 1. The van der Waals surface area contributed by atoms with Gasteiger partial charge in [0.2, 0.25) is 5.91 Å². The van der Waals surface area contributed by atoms with Crippen molar-refractivity contribution < 1.29 is 14.3 Å². The van der Waals surface area contributed by atoms with E-state index >= 15 is 0 Å². The normalized spacial score (nSPS) is 13.0. The van der Waals surface area contributed by atoms with Crippen LogP contribution in [0.5, 0.6) is 0 Å². The Labute approximate surface area is 220 Å². The molecular weight excluding hydrogens is 476 g/mol. The van der Waals surface area contributed by atoms with Crippen molar-refractivity contribution in [1.82, 2.24) is 4.98 Å². The smallest absolute Gasteiger partial charge is 0.319 e. The number of hydrogen-bond donors (Lipinski definition) is 1. The van der Waals surface area contributed by atoms with Crippen LogP contribution in [0.4, 0.5) is 5.69 Å². The van der Waals surface area contributed by atoms with E-state index in [-0.39, 0.29) is 23.0 Å². The first-order valence-corrected chi connectivity index (χ1v) is 15.2. The van der Waals surface area contributed by atoms with Gasteiger partial charge in [-0.1, -0.05) is 89.8 Å². The number of carbonyl (C=O) groups excluding carboxylic acids is 2. The number of rotatable bonds is 18. The van der Waals surface area contributed by atoms with Gasteiger partial charge in [-0.05, 0) is 44.9 Å². The van der Waals surface area contributed by atoms with E-state index in [1.165, 1.54) is 63.1 Å². The van der Waals surface area contributed by atoms with Crippen LogP contribution in [0.1, 0.15) is 105 Å². The van der Waals surface area contributed by atoms with Crippen molar-refractivity contribution in [2.75, 3.05) is 11.9 Å². The van der Waals surface area contributed by atoms with Gasteiger partial charge in [-0.15, -0.1) is 11.3 Å². The molecule has 1 aromatic heterocycles. The van der Waals surface area contributed by atoms with Crippen LogP contribution in [-0.4, -0.2) is 28.7 Å². The molecule has 1 N–H and O–H groups in total. The molecule has 196 valence electrons. The minimum Gasteiger partial charge on any atom is -0.465 e. The van der Waals surface area contributed by atoms with E-state index in [9.17, 15) is 9.59 Å². The molecule has 0 radical (unpaired) electrons. The van der Waals surface area contributed by atoms with Crippen molar-refractivity contribution in [1.29, 1.82) is 0 Å². The number of nitrogens with one attached hydrogen (secondary N) is 1. The third kappa shape index (κ3) is 10.9. The van der Waals surface area contributed by atoms with E-state index < -0.39 is 0 Å². The molecule has 2 aromatic rings. The first-order valence-electron chi connectivity index (χ1n) is 13.5. The number of hydrogen-bond acceptors (Lipinski definition) is 6. The predicted molar refractivity (Wildman–Crippen MR) is 150 cm³/mol. The van der Waals surface area contributed by atoms with E-state index in [2.05, 4.69) is 24.1 Å². The van der Waals surface area contributed by atoms with E-state index in [4.69, 9.17) is 4.74 Å². The third-order valence-corrected chi connectivity index (χ3v) is 8.41. The fourth-order valence-electron chi connectivity index (χ4n) is 4.13. The van der Waals surface area contributed by atoms with Crippen LogP contribution >= 0.6 is 23.1 Å². The molecule has 1 amide bonds. The van der Waals surface area contributed by atoms with Gasteiger partial charge >= 0.3 is 5.97 Å². The predicted octanol–water partition coefficient (Wildman–Crippen LogP) is 8.62. The zero-order chi connectivity index (χ0) is 25.5. The van der Waals surface area contributed by atoms with Crippen LogP contribution in [0.15, 0.2) is 22.5 Å². The number of benzene rings is 1. The largest absolute Gasteiger partial charge is 0.465 e. The van der Waals surface area contributed by atoms with Gasteiger partial charge in [0.1, 0.15) is 5.25 Å². The quantitative estimate of drug-likeness (QED) is 0.121. The number of thiazole rings is 1. The summed E-state index contributed by atoms with van der Waals surface area (Å²) in [4.78, 5) is 29.8. The number of anilines is 1. The van der Waals surface area contributed by atoms with Gasteiger partial charge in [0.15, 0.2) is 4.34 Å². The van der Waals surface area contributed by atoms with Crippen LogP contribution in [-0.2, 0) is 14.3 Å². The van der Waals surface area contributed by atoms with Gasteiger partial charge < -0.3 is 10.1 Å². The topological polar surface area (TPSA) is 68.3 Å². The van der Waals surface area contributed by atoms with Crippen molar-refractivity contribution in [2.45, 2.75) is 114 Å². The second-order valence-corrected chi connectivity index (χ2v) is 11.9. The summed E-state index contributed by atoms with van der Waals surface area (Å²) < 4.78 is 6.94. The van der Waals surface area contributed by atoms with E-state index in [0.29, 0.717) is 6.61 Å². The van der Waals surface area contributed by atoms with Crippen molar-refractivity contribution in [3.8, 4) is 0 Å². The van der Waals surface area contributed by atoms with E-state index in [0.717, 1.165) is 45.9 Å². The van der Waals surface area contributed by atoms with Gasteiger partial charge in [0.05, 0.1) is 16.8 Å². The highest BCUT2D eigenvalue weighted by Crippen LogP contribution is 2.34. The lowest BCUT2D eigenvalue weighted by molar-refractivity contribution is -0.142. The minimum absolute atomic E-state index is 0.0757. The molecular formula is C28H44N2O3S2. The van der Waals surface area contributed by atoms with Gasteiger partial charge in [0.25, 0.3) is 0 Å². The lowest BCUT2D eigenvalue weighted by Crippen LogP contribution is -2.23. The highest BCUT2D eigenvalue weighted by Gasteiger charge is 2.20. The molecule has 5 nitrogen and oxygen atoms in total. The number of thioether (sulfide) groups is 1. The van der Waals surface area contributed by atoms with Crippen molar-refractivity contribution in [3.05, 3.63) is 18.2 Å². The Balaban J connectivity index is 1.97. The molecule has 0 spiro atoms. The Morgan fingerprint density at radius 1 is 0.971 bits per heavy atom. The second kappa shape index (κ2) is 17.0. The third-order valence-electron chi connectivity index (χ3n) is 6.22. The maximum Gasteiger partial charge on any atom is 0.319 e. The summed E-state index contributed by atoms with van der Waals surface area (Å²) >= 11 is 2.96. The van der Waals surface area contributed by atoms with Crippen molar-refractivity contribution in [3.63, 3.8) is 0 Å². The molecule has 0 bridgehead atoms. The number of nitrogens with zero attached hydrogens (tertiary/aromatic N) is 1. The number of ether oxygens (including phenoxy) is 1. The Kier molecular flexibility index (Phi) is 14.4.